The molecule has 2 rings (SSSR count). The molecule has 0 spiro atoms. The maximum atomic E-state index is 11.8. The first-order valence-corrected chi connectivity index (χ1v) is 6.47. The van der Waals surface area contributed by atoms with Gasteiger partial charge in [0.05, 0.1) is 6.20 Å². The fourth-order valence-electron chi connectivity index (χ4n) is 1.58. The Bertz CT molecular complexity index is 647. The number of amides is 1. The fourth-order valence-corrected chi connectivity index (χ4v) is 1.96. The van der Waals surface area contributed by atoms with E-state index in [0.717, 1.165) is 15.7 Å². The summed E-state index contributed by atoms with van der Waals surface area (Å²) in [6, 6.07) is 3.06. The minimum Gasteiger partial charge on any atom is -0.350 e. The molecule has 19 heavy (non-hydrogen) atoms. The van der Waals surface area contributed by atoms with Gasteiger partial charge in [0.1, 0.15) is 6.54 Å². The zero-order chi connectivity index (χ0) is 13.8. The van der Waals surface area contributed by atoms with Crippen molar-refractivity contribution in [2.45, 2.75) is 20.0 Å². The molecule has 7 heteroatoms. The van der Waals surface area contributed by atoms with Crippen LogP contribution in [0.1, 0.15) is 11.3 Å². The number of aromatic nitrogens is 3. The van der Waals surface area contributed by atoms with E-state index >= 15 is 0 Å². The number of nitrogens with zero attached hydrogens (tertiary/aromatic N) is 2. The Morgan fingerprint density at radius 2 is 2.32 bits per heavy atom. The predicted octanol–water partition coefficient (Wildman–Crippen LogP) is 0.959. The van der Waals surface area contributed by atoms with E-state index < -0.39 is 0 Å². The number of aromatic amines is 1. The number of H-pyrrole nitrogens is 1. The van der Waals surface area contributed by atoms with Gasteiger partial charge in [0.15, 0.2) is 0 Å². The molecule has 0 aliphatic heterocycles. The molecule has 6 nitrogen and oxygen atoms in total. The normalized spacial score (nSPS) is 10.4. The zero-order valence-corrected chi connectivity index (χ0v) is 11.9. The Labute approximate surface area is 118 Å². The van der Waals surface area contributed by atoms with Gasteiger partial charge in [0.25, 0.3) is 5.56 Å². The molecule has 0 aliphatic carbocycles. The van der Waals surface area contributed by atoms with E-state index in [0.29, 0.717) is 6.54 Å². The summed E-state index contributed by atoms with van der Waals surface area (Å²) in [5.41, 5.74) is 1.63. The summed E-state index contributed by atoms with van der Waals surface area (Å²) in [5, 5.41) is 9.41. The molecule has 0 saturated heterocycles. The number of halogens is 1. The highest BCUT2D eigenvalue weighted by Crippen LogP contribution is 2.05. The molecular formula is C12H13BrN4O2. The third-order valence-corrected chi connectivity index (χ3v) is 3.14. The van der Waals surface area contributed by atoms with Crippen molar-refractivity contribution in [1.82, 2.24) is 20.1 Å². The molecule has 100 valence electrons. The number of carbonyl (C=O) groups excluding carboxylic acids is 1. The van der Waals surface area contributed by atoms with Gasteiger partial charge in [-0.15, -0.1) is 0 Å². The van der Waals surface area contributed by atoms with Crippen LogP contribution in [0.4, 0.5) is 0 Å². The molecular weight excluding hydrogens is 312 g/mol. The van der Waals surface area contributed by atoms with E-state index in [4.69, 9.17) is 0 Å². The molecule has 0 fully saturated rings. The minimum absolute atomic E-state index is 0.00479. The second kappa shape index (κ2) is 5.83. The fraction of sp³-hybridized carbons (Fsp3) is 0.250. The van der Waals surface area contributed by atoms with E-state index in [1.54, 1.807) is 18.5 Å². The van der Waals surface area contributed by atoms with Crippen molar-refractivity contribution in [3.8, 4) is 0 Å². The van der Waals surface area contributed by atoms with Gasteiger partial charge in [-0.1, -0.05) is 0 Å². The lowest BCUT2D eigenvalue weighted by Gasteiger charge is -2.07. The molecule has 2 aromatic heterocycles. The van der Waals surface area contributed by atoms with Crippen molar-refractivity contribution in [3.05, 3.63) is 50.6 Å². The second-order valence-corrected chi connectivity index (χ2v) is 5.03. The summed E-state index contributed by atoms with van der Waals surface area (Å²) in [4.78, 5) is 23.3. The van der Waals surface area contributed by atoms with Crippen LogP contribution >= 0.6 is 15.9 Å². The number of hydrogen-bond acceptors (Lipinski definition) is 3. The maximum Gasteiger partial charge on any atom is 0.251 e. The number of aryl methyl sites for hydroxylation is 1. The molecule has 1 amide bonds. The maximum absolute atomic E-state index is 11.8. The van der Waals surface area contributed by atoms with Gasteiger partial charge < -0.3 is 9.88 Å². The van der Waals surface area contributed by atoms with Gasteiger partial charge in [-0.05, 0) is 28.9 Å². The first-order chi connectivity index (χ1) is 9.06. The van der Waals surface area contributed by atoms with E-state index in [1.807, 2.05) is 6.92 Å². The Kier molecular flexibility index (Phi) is 4.16. The van der Waals surface area contributed by atoms with Gasteiger partial charge in [-0.2, -0.15) is 5.10 Å². The molecule has 2 heterocycles. The lowest BCUT2D eigenvalue weighted by molar-refractivity contribution is -0.121. The first-order valence-electron chi connectivity index (χ1n) is 5.68. The van der Waals surface area contributed by atoms with Crippen LogP contribution in [0.15, 0.2) is 33.8 Å². The Morgan fingerprint density at radius 1 is 1.53 bits per heavy atom. The summed E-state index contributed by atoms with van der Waals surface area (Å²) in [7, 11) is 0. The second-order valence-electron chi connectivity index (χ2n) is 4.11. The predicted molar refractivity (Wildman–Crippen MR) is 73.6 cm³/mol. The molecule has 0 aromatic carbocycles. The molecule has 0 bridgehead atoms. The molecule has 2 N–H and O–H groups in total. The molecule has 0 unspecified atom stereocenters. The lowest BCUT2D eigenvalue weighted by atomic mass is 10.2. The summed E-state index contributed by atoms with van der Waals surface area (Å²) < 4.78 is 2.10. The van der Waals surface area contributed by atoms with Crippen LogP contribution in [-0.4, -0.2) is 20.7 Å². The van der Waals surface area contributed by atoms with Crippen LogP contribution in [0.5, 0.6) is 0 Å². The van der Waals surface area contributed by atoms with Crippen LogP contribution in [0.3, 0.4) is 0 Å². The number of hydrogen-bond donors (Lipinski definition) is 2. The summed E-state index contributed by atoms with van der Waals surface area (Å²) in [6.07, 6.45) is 3.26. The summed E-state index contributed by atoms with van der Waals surface area (Å²) >= 11 is 3.26. The van der Waals surface area contributed by atoms with E-state index in [-0.39, 0.29) is 18.0 Å². The van der Waals surface area contributed by atoms with Crippen molar-refractivity contribution < 1.29 is 4.79 Å². The highest BCUT2D eigenvalue weighted by molar-refractivity contribution is 9.10. The average Bonchev–Trinajstić information content (AvgIpc) is 2.77. The average molecular weight is 325 g/mol. The van der Waals surface area contributed by atoms with Crippen molar-refractivity contribution in [1.29, 1.82) is 0 Å². The minimum atomic E-state index is -0.221. The highest BCUT2D eigenvalue weighted by atomic mass is 79.9. The molecule has 0 radical (unpaired) electrons. The smallest absolute Gasteiger partial charge is 0.251 e. The third kappa shape index (κ3) is 3.54. The Balaban J connectivity index is 1.96. The Morgan fingerprint density at radius 3 is 3.00 bits per heavy atom. The topological polar surface area (TPSA) is 79.8 Å². The SMILES string of the molecule is Cc1[nH]ncc1CNC(=O)Cn1cc(Br)ccc1=O. The Hall–Kier alpha value is -1.89. The van der Waals surface area contributed by atoms with Crippen LogP contribution in [0, 0.1) is 6.92 Å². The number of pyridine rings is 1. The third-order valence-electron chi connectivity index (χ3n) is 2.67. The molecule has 0 atom stereocenters. The largest absolute Gasteiger partial charge is 0.350 e. The van der Waals surface area contributed by atoms with Crippen molar-refractivity contribution in [2.75, 3.05) is 0 Å². The quantitative estimate of drug-likeness (QED) is 0.879. The van der Waals surface area contributed by atoms with Crippen LogP contribution in [0.2, 0.25) is 0 Å². The van der Waals surface area contributed by atoms with E-state index in [1.165, 1.54) is 10.6 Å². The number of nitrogens with one attached hydrogen (secondary N) is 2. The van der Waals surface area contributed by atoms with Gasteiger partial charge in [-0.25, -0.2) is 0 Å². The van der Waals surface area contributed by atoms with Gasteiger partial charge in [0, 0.05) is 34.5 Å². The van der Waals surface area contributed by atoms with Gasteiger partial charge >= 0.3 is 0 Å². The molecule has 0 saturated carbocycles. The van der Waals surface area contributed by atoms with Crippen LogP contribution in [-0.2, 0) is 17.9 Å². The lowest BCUT2D eigenvalue weighted by Crippen LogP contribution is -2.31. The van der Waals surface area contributed by atoms with Crippen molar-refractivity contribution in [2.24, 2.45) is 0 Å². The van der Waals surface area contributed by atoms with Crippen LogP contribution < -0.4 is 10.9 Å². The number of carbonyl (C=O) groups is 1. The first kappa shape index (κ1) is 13.5. The van der Waals surface area contributed by atoms with Gasteiger partial charge in [0.2, 0.25) is 5.91 Å². The van der Waals surface area contributed by atoms with Crippen molar-refractivity contribution in [3.63, 3.8) is 0 Å². The summed E-state index contributed by atoms with van der Waals surface area (Å²) in [5.74, 6) is -0.221. The van der Waals surface area contributed by atoms with Crippen molar-refractivity contribution >= 4 is 21.8 Å². The zero-order valence-electron chi connectivity index (χ0n) is 10.3. The standard InChI is InChI=1S/C12H13BrN4O2/c1-8-9(5-15-16-8)4-14-11(18)7-17-6-10(13)2-3-12(17)19/h2-3,5-6H,4,7H2,1H3,(H,14,18)(H,15,16). The van der Waals surface area contributed by atoms with Crippen LogP contribution in [0.25, 0.3) is 0 Å². The van der Waals surface area contributed by atoms with Gasteiger partial charge in [-0.3, -0.25) is 14.7 Å². The highest BCUT2D eigenvalue weighted by Gasteiger charge is 2.06. The molecule has 0 aliphatic rings. The summed E-state index contributed by atoms with van der Waals surface area (Å²) in [6.45, 7) is 2.27. The van der Waals surface area contributed by atoms with E-state index in [9.17, 15) is 9.59 Å². The van der Waals surface area contributed by atoms with E-state index in [2.05, 4.69) is 31.4 Å². The molecule has 2 aromatic rings. The number of rotatable bonds is 4. The monoisotopic (exact) mass is 324 g/mol.